The second kappa shape index (κ2) is 17.4. The van der Waals surface area contributed by atoms with Crippen LogP contribution in [0.3, 0.4) is 0 Å². The number of hydrogen-bond acceptors (Lipinski definition) is 9. The number of aromatic nitrogens is 4. The van der Waals surface area contributed by atoms with Crippen LogP contribution >= 0.6 is 12.4 Å². The molecule has 0 saturated heterocycles. The average molecular weight is 729 g/mol. The summed E-state index contributed by atoms with van der Waals surface area (Å²) in [5.74, 6) is -9.57. The molecule has 0 amide bonds. The first-order valence-corrected chi connectivity index (χ1v) is 12.8. The number of H-pyrrole nitrogens is 1. The lowest BCUT2D eigenvalue weighted by Gasteiger charge is -2.09. The summed E-state index contributed by atoms with van der Waals surface area (Å²) in [4.78, 5) is 20.2. The minimum Gasteiger partial charge on any atom is -0.491 e. The maximum absolute atomic E-state index is 13.8. The summed E-state index contributed by atoms with van der Waals surface area (Å²) in [6, 6.07) is 7.58. The molecular formula is C27H22ClF9N8O4. The Morgan fingerprint density at radius 2 is 1.57 bits per heavy atom. The first-order valence-electron chi connectivity index (χ1n) is 12.8. The molecule has 0 unspecified atom stereocenters. The van der Waals surface area contributed by atoms with Crippen LogP contribution in [0.2, 0.25) is 0 Å². The molecule has 4 rings (SSSR count). The lowest BCUT2D eigenvalue weighted by Crippen LogP contribution is -2.21. The van der Waals surface area contributed by atoms with Gasteiger partial charge < -0.3 is 31.0 Å². The van der Waals surface area contributed by atoms with Gasteiger partial charge in [0.2, 0.25) is 17.6 Å². The Balaban J connectivity index is 0.000000345. The van der Waals surface area contributed by atoms with E-state index in [2.05, 4.69) is 24.5 Å². The molecule has 0 aliphatic carbocycles. The van der Waals surface area contributed by atoms with Gasteiger partial charge in [-0.1, -0.05) is 24.3 Å². The van der Waals surface area contributed by atoms with Crippen molar-refractivity contribution in [2.24, 2.45) is 16.5 Å². The third kappa shape index (κ3) is 10.9. The van der Waals surface area contributed by atoms with Gasteiger partial charge in [-0.25, -0.2) is 27.2 Å². The molecule has 22 heteroatoms. The Morgan fingerprint density at radius 3 is 2.12 bits per heavy atom. The predicted octanol–water partition coefficient (Wildman–Crippen LogP) is 4.71. The highest BCUT2D eigenvalue weighted by molar-refractivity contribution is 6.00. The zero-order valence-electron chi connectivity index (χ0n) is 24.1. The molecule has 0 radical (unpaired) electrons. The molecule has 2 aromatic carbocycles. The normalized spacial score (nSPS) is 11.6. The van der Waals surface area contributed by atoms with Gasteiger partial charge in [0.05, 0.1) is 18.8 Å². The van der Waals surface area contributed by atoms with E-state index in [1.807, 2.05) is 4.98 Å². The first kappa shape index (κ1) is 39.4. The Labute approximate surface area is 274 Å². The van der Waals surface area contributed by atoms with Crippen LogP contribution in [-0.2, 0) is 17.8 Å². The molecule has 0 spiro atoms. The molecule has 0 fully saturated rings. The van der Waals surface area contributed by atoms with Crippen LogP contribution in [0.15, 0.2) is 64.0 Å². The minimum absolute atomic E-state index is 0. The van der Waals surface area contributed by atoms with Gasteiger partial charge >= 0.3 is 13.2 Å². The van der Waals surface area contributed by atoms with Crippen molar-refractivity contribution in [2.45, 2.75) is 26.3 Å². The summed E-state index contributed by atoms with van der Waals surface area (Å²) in [6.45, 7) is -7.41. The lowest BCUT2D eigenvalue weighted by molar-refractivity contribution is -0.0596. The Bertz CT molecular complexity index is 1900. The molecule has 2 aromatic heterocycles. The molecule has 0 bridgehead atoms. The number of alkyl halides is 4. The molecule has 0 saturated carbocycles. The molecule has 0 aliphatic rings. The van der Waals surface area contributed by atoms with Crippen molar-refractivity contribution in [2.75, 3.05) is 0 Å². The number of nitrogens with zero attached hydrogens (tertiary/aromatic N) is 4. The number of rotatable bonds is 10. The second-order valence-corrected chi connectivity index (χ2v) is 8.93. The molecule has 0 atom stereocenters. The molecular weight excluding hydrogens is 707 g/mol. The molecule has 7 N–H and O–H groups in total. The number of nitrogens with one attached hydrogen (secondary N) is 2. The van der Waals surface area contributed by atoms with Crippen molar-refractivity contribution in [3.05, 3.63) is 105 Å². The SMILES string of the molecule is Cl.N=C(N)C(N)=CC(=NCc1cccc(F)c1F)OC(F)F.O=c1[nH]c(-c2cc(OC(F)F)n(Cc3cccc(F)c3F)n2)nc(O)c1F. The number of halogens is 10. The van der Waals surface area contributed by atoms with Gasteiger partial charge in [0.1, 0.15) is 11.5 Å². The predicted molar refractivity (Wildman–Crippen MR) is 156 cm³/mol. The number of amidine groups is 1. The maximum Gasteiger partial charge on any atom is 0.388 e. The Morgan fingerprint density at radius 1 is 0.980 bits per heavy atom. The largest absolute Gasteiger partial charge is 0.491 e. The summed E-state index contributed by atoms with van der Waals surface area (Å²) in [5, 5.41) is 20.1. The van der Waals surface area contributed by atoms with E-state index in [0.29, 0.717) is 0 Å². The number of nitrogens with two attached hydrogens (primary N) is 2. The molecule has 0 aliphatic heterocycles. The van der Waals surface area contributed by atoms with E-state index in [0.717, 1.165) is 29.0 Å². The summed E-state index contributed by atoms with van der Waals surface area (Å²) < 4.78 is 125. The van der Waals surface area contributed by atoms with Crippen LogP contribution in [0.4, 0.5) is 39.5 Å². The van der Waals surface area contributed by atoms with Gasteiger partial charge in [0, 0.05) is 23.3 Å². The highest BCUT2D eigenvalue weighted by Gasteiger charge is 2.20. The van der Waals surface area contributed by atoms with Crippen molar-refractivity contribution in [3.8, 4) is 23.3 Å². The van der Waals surface area contributed by atoms with Gasteiger partial charge in [-0.3, -0.25) is 10.2 Å². The zero-order chi connectivity index (χ0) is 35.7. The van der Waals surface area contributed by atoms with Crippen LogP contribution in [-0.4, -0.2) is 49.8 Å². The van der Waals surface area contributed by atoms with E-state index in [-0.39, 0.29) is 34.9 Å². The van der Waals surface area contributed by atoms with E-state index in [9.17, 15) is 49.4 Å². The number of aromatic hydroxyl groups is 1. The number of hydrogen-bond donors (Lipinski definition) is 5. The quantitative estimate of drug-likeness (QED) is 0.0881. The topological polar surface area (TPSA) is 191 Å². The summed E-state index contributed by atoms with van der Waals surface area (Å²) in [5.41, 5.74) is 8.01. The molecule has 4 aromatic rings. The Hall–Kier alpha value is -5.73. The number of ether oxygens (including phenoxy) is 2. The third-order valence-corrected chi connectivity index (χ3v) is 5.63. The number of benzene rings is 2. The van der Waals surface area contributed by atoms with Gasteiger partial charge in [0.15, 0.2) is 29.1 Å². The van der Waals surface area contributed by atoms with Gasteiger partial charge in [-0.05, 0) is 12.1 Å². The highest BCUT2D eigenvalue weighted by atomic mass is 35.5. The fraction of sp³-hybridized carbons (Fsp3) is 0.148. The standard InChI is InChI=1S/C15H9F5N4O3.C12H12F4N4O.ClH/c16-7-3-1-2-6(10(7)17)5-24-9(27-15(19)20)4-8(23-24)12-21-13(25)11(18)14(26)22-12;13-7-3-1-2-6(10(7)14)5-20-9(21-12(15)16)4-8(17)11(18)19;/h1-4,15H,5H2,(H2,21,22,25,26);1-4,12H,5,17H2,(H3,18,19);1H. The minimum atomic E-state index is -3.26. The van der Waals surface area contributed by atoms with Crippen LogP contribution in [0.25, 0.3) is 11.5 Å². The van der Waals surface area contributed by atoms with E-state index in [4.69, 9.17) is 16.9 Å². The van der Waals surface area contributed by atoms with E-state index >= 15 is 0 Å². The van der Waals surface area contributed by atoms with Crippen LogP contribution in [0.5, 0.6) is 11.8 Å². The summed E-state index contributed by atoms with van der Waals surface area (Å²) in [7, 11) is 0. The van der Waals surface area contributed by atoms with Gasteiger partial charge in [0.25, 0.3) is 11.4 Å². The molecule has 264 valence electrons. The summed E-state index contributed by atoms with van der Waals surface area (Å²) >= 11 is 0. The van der Waals surface area contributed by atoms with Crippen LogP contribution in [0.1, 0.15) is 11.1 Å². The van der Waals surface area contributed by atoms with Gasteiger partial charge in [-0.15, -0.1) is 12.4 Å². The smallest absolute Gasteiger partial charge is 0.388 e. The lowest BCUT2D eigenvalue weighted by atomic mass is 10.2. The van der Waals surface area contributed by atoms with Crippen molar-refractivity contribution in [1.82, 2.24) is 19.7 Å². The maximum atomic E-state index is 13.8. The number of aliphatic imine (C=N–C) groups is 1. The summed E-state index contributed by atoms with van der Waals surface area (Å²) in [6.07, 6.45) is 0.797. The average Bonchev–Trinajstić information content (AvgIpc) is 3.39. The molecule has 49 heavy (non-hydrogen) atoms. The molecule has 2 heterocycles. The zero-order valence-corrected chi connectivity index (χ0v) is 24.9. The highest BCUT2D eigenvalue weighted by Crippen LogP contribution is 2.25. The first-order chi connectivity index (χ1) is 22.6. The van der Waals surface area contributed by atoms with Crippen molar-refractivity contribution >= 4 is 24.1 Å². The van der Waals surface area contributed by atoms with E-state index < -0.39 is 90.3 Å². The van der Waals surface area contributed by atoms with Crippen molar-refractivity contribution in [3.63, 3.8) is 0 Å². The van der Waals surface area contributed by atoms with Crippen LogP contribution < -0.4 is 21.8 Å². The monoisotopic (exact) mass is 728 g/mol. The van der Waals surface area contributed by atoms with Crippen molar-refractivity contribution in [1.29, 1.82) is 5.41 Å². The van der Waals surface area contributed by atoms with Gasteiger partial charge in [-0.2, -0.15) is 32.0 Å². The fourth-order valence-electron chi connectivity index (χ4n) is 3.47. The third-order valence-electron chi connectivity index (χ3n) is 5.63. The Kier molecular flexibility index (Phi) is 14.0. The number of aromatic amines is 1. The second-order valence-electron chi connectivity index (χ2n) is 8.93. The fourth-order valence-corrected chi connectivity index (χ4v) is 3.47. The van der Waals surface area contributed by atoms with E-state index in [1.165, 1.54) is 24.3 Å². The molecule has 12 nitrogen and oxygen atoms in total. The van der Waals surface area contributed by atoms with Crippen molar-refractivity contribution < 1.29 is 54.1 Å². The van der Waals surface area contributed by atoms with E-state index in [1.54, 1.807) is 0 Å². The van der Waals surface area contributed by atoms with Crippen LogP contribution in [0, 0.1) is 34.5 Å².